The van der Waals surface area contributed by atoms with Gasteiger partial charge in [0.05, 0.1) is 0 Å². The fraction of sp³-hybridized carbons (Fsp3) is 0.312. The first-order valence-corrected chi connectivity index (χ1v) is 7.51. The van der Waals surface area contributed by atoms with Gasteiger partial charge in [-0.15, -0.1) is 0 Å². The summed E-state index contributed by atoms with van der Waals surface area (Å²) in [6, 6.07) is 3.81. The lowest BCUT2D eigenvalue weighted by molar-refractivity contribution is -0.122. The second-order valence-electron chi connectivity index (χ2n) is 5.76. The summed E-state index contributed by atoms with van der Waals surface area (Å²) in [6.07, 6.45) is 6.14. The molecule has 2 aromatic heterocycles. The van der Waals surface area contributed by atoms with E-state index in [4.69, 9.17) is 5.73 Å². The minimum atomic E-state index is -0.153. The smallest absolute Gasteiger partial charge is 0.279 e. The minimum Gasteiger partial charge on any atom is -0.369 e. The summed E-state index contributed by atoms with van der Waals surface area (Å²) in [4.78, 5) is 27.6. The molecule has 1 aliphatic rings. The third kappa shape index (κ3) is 3.09. The predicted molar refractivity (Wildman–Crippen MR) is 90.6 cm³/mol. The average Bonchev–Trinajstić information content (AvgIpc) is 3.04. The average molecular weight is 312 g/mol. The van der Waals surface area contributed by atoms with Crippen LogP contribution in [0.5, 0.6) is 0 Å². The summed E-state index contributed by atoms with van der Waals surface area (Å²) >= 11 is 0. The largest absolute Gasteiger partial charge is 0.369 e. The van der Waals surface area contributed by atoms with E-state index in [0.717, 1.165) is 29.6 Å². The van der Waals surface area contributed by atoms with E-state index < -0.39 is 0 Å². The molecule has 1 amide bonds. The maximum absolute atomic E-state index is 12.5. The number of hydrogen-bond donors (Lipinski definition) is 2. The maximum Gasteiger partial charge on any atom is 0.279 e. The fourth-order valence-corrected chi connectivity index (χ4v) is 2.57. The highest BCUT2D eigenvalue weighted by molar-refractivity contribution is 6.13. The van der Waals surface area contributed by atoms with Crippen molar-refractivity contribution in [1.82, 2.24) is 19.8 Å². The van der Waals surface area contributed by atoms with E-state index in [0.29, 0.717) is 12.2 Å². The number of aromatic amines is 1. The van der Waals surface area contributed by atoms with E-state index in [2.05, 4.69) is 19.9 Å². The van der Waals surface area contributed by atoms with Crippen LogP contribution in [-0.2, 0) is 4.79 Å². The number of H-pyrrole nitrogens is 1. The number of guanidine groups is 1. The second-order valence-corrected chi connectivity index (χ2v) is 5.76. The van der Waals surface area contributed by atoms with Crippen molar-refractivity contribution >= 4 is 29.0 Å². The highest BCUT2D eigenvalue weighted by Crippen LogP contribution is 2.22. The Bertz CT molecular complexity index is 789. The molecule has 0 unspecified atom stereocenters. The highest BCUT2D eigenvalue weighted by Gasteiger charge is 2.28. The number of fused-ring (bicyclic) bond motifs is 1. The van der Waals surface area contributed by atoms with Gasteiger partial charge in [-0.05, 0) is 45.3 Å². The van der Waals surface area contributed by atoms with E-state index in [1.807, 2.05) is 32.4 Å². The van der Waals surface area contributed by atoms with Crippen molar-refractivity contribution in [3.8, 4) is 0 Å². The fourth-order valence-electron chi connectivity index (χ4n) is 2.57. The van der Waals surface area contributed by atoms with E-state index in [1.54, 1.807) is 12.3 Å². The summed E-state index contributed by atoms with van der Waals surface area (Å²) in [5.41, 5.74) is 7.92. The van der Waals surface area contributed by atoms with Crippen LogP contribution >= 0.6 is 0 Å². The quantitative estimate of drug-likeness (QED) is 0.806. The molecular formula is C16H20N6O. The Hall–Kier alpha value is -2.67. The number of nitrogens with one attached hydrogen (secondary N) is 1. The van der Waals surface area contributed by atoms with Gasteiger partial charge >= 0.3 is 0 Å². The number of hydrogen-bond acceptors (Lipinski definition) is 5. The van der Waals surface area contributed by atoms with Gasteiger partial charge < -0.3 is 15.6 Å². The molecule has 3 heterocycles. The molecular weight excluding hydrogens is 292 g/mol. The molecule has 0 spiro atoms. The first-order valence-electron chi connectivity index (χ1n) is 7.51. The monoisotopic (exact) mass is 312 g/mol. The number of carbonyl (C=O) groups is 1. The molecule has 1 aliphatic heterocycles. The number of aromatic nitrogens is 2. The minimum absolute atomic E-state index is 0.153. The lowest BCUT2D eigenvalue weighted by Gasteiger charge is -2.16. The Balaban J connectivity index is 1.80. The molecule has 23 heavy (non-hydrogen) atoms. The Kier molecular flexibility index (Phi) is 4.12. The van der Waals surface area contributed by atoms with Crippen LogP contribution in [0.15, 0.2) is 35.2 Å². The Morgan fingerprint density at radius 1 is 1.43 bits per heavy atom. The maximum atomic E-state index is 12.5. The summed E-state index contributed by atoms with van der Waals surface area (Å²) in [5, 5.41) is 0.952. The number of nitrogens with zero attached hydrogens (tertiary/aromatic N) is 4. The SMILES string of the molecule is CN(C)CCCN1C(=O)C(=Cc2c[nH]c3ncccc23)N=C1N. The number of rotatable bonds is 5. The van der Waals surface area contributed by atoms with Gasteiger partial charge in [-0.25, -0.2) is 9.98 Å². The van der Waals surface area contributed by atoms with Gasteiger partial charge in [0, 0.05) is 29.9 Å². The normalized spacial score (nSPS) is 16.8. The van der Waals surface area contributed by atoms with Crippen LogP contribution in [0.2, 0.25) is 0 Å². The van der Waals surface area contributed by atoms with Crippen molar-refractivity contribution in [2.24, 2.45) is 10.7 Å². The van der Waals surface area contributed by atoms with Crippen LogP contribution in [0, 0.1) is 0 Å². The zero-order valence-electron chi connectivity index (χ0n) is 13.3. The third-order valence-electron chi connectivity index (χ3n) is 3.74. The number of aliphatic imine (C=N–C) groups is 1. The molecule has 0 fully saturated rings. The summed E-state index contributed by atoms with van der Waals surface area (Å²) in [6.45, 7) is 1.46. The van der Waals surface area contributed by atoms with Gasteiger partial charge in [0.1, 0.15) is 11.3 Å². The first kappa shape index (κ1) is 15.2. The van der Waals surface area contributed by atoms with E-state index in [-0.39, 0.29) is 11.9 Å². The molecule has 0 saturated carbocycles. The standard InChI is InChI=1S/C16H20N6O/c1-21(2)7-4-8-22-15(23)13(20-16(22)17)9-11-10-19-14-12(11)5-3-6-18-14/h3,5-6,9-10H,4,7-8H2,1-2H3,(H2,17,20)(H,18,19). The zero-order valence-corrected chi connectivity index (χ0v) is 13.3. The Labute approximate surface area is 134 Å². The predicted octanol–water partition coefficient (Wildman–Crippen LogP) is 1.01. The molecule has 0 aliphatic carbocycles. The topological polar surface area (TPSA) is 90.6 Å². The molecule has 0 radical (unpaired) electrons. The van der Waals surface area contributed by atoms with Crippen LogP contribution in [0.25, 0.3) is 17.1 Å². The van der Waals surface area contributed by atoms with Crippen LogP contribution in [-0.4, -0.2) is 58.8 Å². The van der Waals surface area contributed by atoms with Crippen LogP contribution in [0.3, 0.4) is 0 Å². The van der Waals surface area contributed by atoms with Crippen LogP contribution in [0.4, 0.5) is 0 Å². The summed E-state index contributed by atoms with van der Waals surface area (Å²) in [7, 11) is 4.00. The van der Waals surface area contributed by atoms with Crippen molar-refractivity contribution < 1.29 is 4.79 Å². The number of amides is 1. The van der Waals surface area contributed by atoms with Crippen molar-refractivity contribution in [2.45, 2.75) is 6.42 Å². The lowest BCUT2D eigenvalue weighted by Crippen LogP contribution is -2.38. The van der Waals surface area contributed by atoms with Gasteiger partial charge in [-0.3, -0.25) is 9.69 Å². The molecule has 0 bridgehead atoms. The Morgan fingerprint density at radius 2 is 2.26 bits per heavy atom. The van der Waals surface area contributed by atoms with E-state index in [9.17, 15) is 4.79 Å². The molecule has 7 nitrogen and oxygen atoms in total. The number of pyridine rings is 1. The first-order chi connectivity index (χ1) is 11.1. The zero-order chi connectivity index (χ0) is 16.4. The molecule has 2 aromatic rings. The number of carbonyl (C=O) groups excluding carboxylic acids is 1. The van der Waals surface area contributed by atoms with Gasteiger partial charge in [-0.1, -0.05) is 0 Å². The second kappa shape index (κ2) is 6.21. The molecule has 3 N–H and O–H groups in total. The highest BCUT2D eigenvalue weighted by atomic mass is 16.2. The van der Waals surface area contributed by atoms with Crippen molar-refractivity contribution in [3.05, 3.63) is 35.8 Å². The molecule has 7 heteroatoms. The van der Waals surface area contributed by atoms with Crippen molar-refractivity contribution in [3.63, 3.8) is 0 Å². The molecule has 0 saturated heterocycles. The van der Waals surface area contributed by atoms with Gasteiger partial charge in [0.2, 0.25) is 5.96 Å². The van der Waals surface area contributed by atoms with Crippen LogP contribution in [0.1, 0.15) is 12.0 Å². The molecule has 120 valence electrons. The van der Waals surface area contributed by atoms with Crippen molar-refractivity contribution in [1.29, 1.82) is 0 Å². The van der Waals surface area contributed by atoms with Gasteiger partial charge in [0.15, 0.2) is 0 Å². The van der Waals surface area contributed by atoms with Gasteiger partial charge in [0.25, 0.3) is 5.91 Å². The Morgan fingerprint density at radius 3 is 3.04 bits per heavy atom. The molecule has 3 rings (SSSR count). The molecule has 0 aromatic carbocycles. The third-order valence-corrected chi connectivity index (χ3v) is 3.74. The summed E-state index contributed by atoms with van der Waals surface area (Å²) < 4.78 is 0. The lowest BCUT2D eigenvalue weighted by atomic mass is 10.2. The number of nitrogens with two attached hydrogens (primary N) is 1. The molecule has 0 atom stereocenters. The van der Waals surface area contributed by atoms with Crippen LogP contribution < -0.4 is 5.73 Å². The van der Waals surface area contributed by atoms with E-state index >= 15 is 0 Å². The summed E-state index contributed by atoms with van der Waals surface area (Å²) in [5.74, 6) is 0.109. The van der Waals surface area contributed by atoms with Gasteiger partial charge in [-0.2, -0.15) is 0 Å². The van der Waals surface area contributed by atoms with E-state index in [1.165, 1.54) is 4.90 Å². The van der Waals surface area contributed by atoms with Crippen molar-refractivity contribution in [2.75, 3.05) is 27.2 Å².